The van der Waals surface area contributed by atoms with Crippen molar-refractivity contribution in [1.29, 1.82) is 0 Å². The molecule has 0 aliphatic heterocycles. The zero-order valence-electron chi connectivity index (χ0n) is 11.3. The smallest absolute Gasteiger partial charge is 0.123 e. The number of nitrogens with zero attached hydrogens (tertiary/aromatic N) is 1. The van der Waals surface area contributed by atoms with Gasteiger partial charge in [0.05, 0.1) is 0 Å². The standard InChI is InChI=1S/C15H23FN2/c1-11-3-4-13(16)9-12(11)10-18(2)15-7-5-14(17)6-8-15/h3-4,9,14-15H,5-8,10,17H2,1-2H3. The zero-order valence-corrected chi connectivity index (χ0v) is 11.3. The van der Waals surface area contributed by atoms with Crippen LogP contribution in [-0.4, -0.2) is 24.0 Å². The van der Waals surface area contributed by atoms with Gasteiger partial charge >= 0.3 is 0 Å². The van der Waals surface area contributed by atoms with E-state index in [-0.39, 0.29) is 5.82 Å². The summed E-state index contributed by atoms with van der Waals surface area (Å²) in [5.41, 5.74) is 8.18. The maximum Gasteiger partial charge on any atom is 0.123 e. The molecule has 1 fully saturated rings. The van der Waals surface area contributed by atoms with Crippen LogP contribution in [0.2, 0.25) is 0 Å². The van der Waals surface area contributed by atoms with Gasteiger partial charge in [-0.3, -0.25) is 4.90 Å². The van der Waals surface area contributed by atoms with Crippen LogP contribution in [0.1, 0.15) is 36.8 Å². The van der Waals surface area contributed by atoms with E-state index in [4.69, 9.17) is 5.73 Å². The van der Waals surface area contributed by atoms with Crippen LogP contribution in [0.5, 0.6) is 0 Å². The molecule has 0 radical (unpaired) electrons. The molecule has 2 nitrogen and oxygen atoms in total. The summed E-state index contributed by atoms with van der Waals surface area (Å²) >= 11 is 0. The highest BCUT2D eigenvalue weighted by Gasteiger charge is 2.22. The minimum atomic E-state index is -0.144. The lowest BCUT2D eigenvalue weighted by Crippen LogP contribution is -2.38. The molecule has 1 aliphatic carbocycles. The molecular weight excluding hydrogens is 227 g/mol. The van der Waals surface area contributed by atoms with Gasteiger partial charge in [-0.2, -0.15) is 0 Å². The van der Waals surface area contributed by atoms with Gasteiger partial charge in [0.25, 0.3) is 0 Å². The molecule has 1 saturated carbocycles. The number of benzene rings is 1. The van der Waals surface area contributed by atoms with E-state index in [0.717, 1.165) is 43.4 Å². The van der Waals surface area contributed by atoms with E-state index >= 15 is 0 Å². The molecule has 18 heavy (non-hydrogen) atoms. The Balaban J connectivity index is 1.98. The molecule has 3 heteroatoms. The Morgan fingerprint density at radius 3 is 2.61 bits per heavy atom. The van der Waals surface area contributed by atoms with Crippen LogP contribution < -0.4 is 5.73 Å². The summed E-state index contributed by atoms with van der Waals surface area (Å²) in [6, 6.07) is 6.01. The minimum Gasteiger partial charge on any atom is -0.328 e. The van der Waals surface area contributed by atoms with E-state index in [9.17, 15) is 4.39 Å². The topological polar surface area (TPSA) is 29.3 Å². The third-order valence-electron chi connectivity index (χ3n) is 4.10. The summed E-state index contributed by atoms with van der Waals surface area (Å²) in [5, 5.41) is 0. The first-order valence-electron chi connectivity index (χ1n) is 6.77. The van der Waals surface area contributed by atoms with Crippen LogP contribution in [0.3, 0.4) is 0 Å². The van der Waals surface area contributed by atoms with E-state index in [1.165, 1.54) is 6.07 Å². The summed E-state index contributed by atoms with van der Waals surface area (Å²) < 4.78 is 13.3. The molecule has 2 N–H and O–H groups in total. The number of nitrogens with two attached hydrogens (primary N) is 1. The molecular formula is C15H23FN2. The van der Waals surface area contributed by atoms with E-state index in [1.807, 2.05) is 13.0 Å². The Morgan fingerprint density at radius 2 is 1.94 bits per heavy atom. The highest BCUT2D eigenvalue weighted by atomic mass is 19.1. The van der Waals surface area contributed by atoms with Crippen molar-refractivity contribution in [1.82, 2.24) is 4.90 Å². The van der Waals surface area contributed by atoms with Crippen molar-refractivity contribution in [2.45, 2.75) is 51.2 Å². The monoisotopic (exact) mass is 250 g/mol. The van der Waals surface area contributed by atoms with Crippen molar-refractivity contribution in [3.05, 3.63) is 35.1 Å². The lowest BCUT2D eigenvalue weighted by atomic mass is 9.90. The Kier molecular flexibility index (Phi) is 4.36. The second kappa shape index (κ2) is 5.81. The Labute approximate surface area is 109 Å². The second-order valence-electron chi connectivity index (χ2n) is 5.55. The van der Waals surface area contributed by atoms with Crippen molar-refractivity contribution in [3.8, 4) is 0 Å². The van der Waals surface area contributed by atoms with E-state index in [2.05, 4.69) is 11.9 Å². The maximum absolute atomic E-state index is 13.3. The third kappa shape index (κ3) is 3.30. The van der Waals surface area contributed by atoms with E-state index in [0.29, 0.717) is 12.1 Å². The molecule has 100 valence electrons. The first kappa shape index (κ1) is 13.5. The first-order chi connectivity index (χ1) is 8.56. The van der Waals surface area contributed by atoms with Gasteiger partial charge in [-0.25, -0.2) is 4.39 Å². The van der Waals surface area contributed by atoms with Crippen molar-refractivity contribution < 1.29 is 4.39 Å². The van der Waals surface area contributed by atoms with Crippen molar-refractivity contribution >= 4 is 0 Å². The minimum absolute atomic E-state index is 0.144. The van der Waals surface area contributed by atoms with Crippen LogP contribution in [0.15, 0.2) is 18.2 Å². The molecule has 1 aromatic rings. The average Bonchev–Trinajstić information content (AvgIpc) is 2.34. The van der Waals surface area contributed by atoms with Gasteiger partial charge in [0.2, 0.25) is 0 Å². The largest absolute Gasteiger partial charge is 0.328 e. The summed E-state index contributed by atoms with van der Waals surface area (Å²) in [5.74, 6) is -0.144. The van der Waals surface area contributed by atoms with E-state index < -0.39 is 0 Å². The molecule has 2 rings (SSSR count). The highest BCUT2D eigenvalue weighted by molar-refractivity contribution is 5.26. The SMILES string of the molecule is Cc1ccc(F)cc1CN(C)C1CCC(N)CC1. The van der Waals surface area contributed by atoms with E-state index in [1.54, 1.807) is 6.07 Å². The fourth-order valence-corrected chi connectivity index (χ4v) is 2.75. The highest BCUT2D eigenvalue weighted by Crippen LogP contribution is 2.23. The molecule has 0 amide bonds. The summed E-state index contributed by atoms with van der Waals surface area (Å²) in [4.78, 5) is 2.34. The first-order valence-corrected chi connectivity index (χ1v) is 6.77. The summed E-state index contributed by atoms with van der Waals surface area (Å²) in [6.07, 6.45) is 4.53. The normalized spacial score (nSPS) is 24.5. The fraction of sp³-hybridized carbons (Fsp3) is 0.600. The molecule has 0 unspecified atom stereocenters. The zero-order chi connectivity index (χ0) is 13.1. The predicted molar refractivity (Wildman–Crippen MR) is 72.8 cm³/mol. The molecule has 0 heterocycles. The lowest BCUT2D eigenvalue weighted by Gasteiger charge is -2.33. The lowest BCUT2D eigenvalue weighted by molar-refractivity contribution is 0.176. The molecule has 0 atom stereocenters. The van der Waals surface area contributed by atoms with Gasteiger partial charge in [0, 0.05) is 18.6 Å². The summed E-state index contributed by atoms with van der Waals surface area (Å²) in [7, 11) is 2.13. The van der Waals surface area contributed by atoms with Crippen LogP contribution in [-0.2, 0) is 6.54 Å². The van der Waals surface area contributed by atoms with Crippen molar-refractivity contribution in [3.63, 3.8) is 0 Å². The molecule has 1 aliphatic rings. The fourth-order valence-electron chi connectivity index (χ4n) is 2.75. The number of aryl methyl sites for hydroxylation is 1. The van der Waals surface area contributed by atoms with Crippen molar-refractivity contribution in [2.24, 2.45) is 5.73 Å². The number of hydrogen-bond acceptors (Lipinski definition) is 2. The Hall–Kier alpha value is -0.930. The summed E-state index contributed by atoms with van der Waals surface area (Å²) in [6.45, 7) is 2.86. The van der Waals surface area contributed by atoms with Crippen LogP contribution in [0.4, 0.5) is 4.39 Å². The van der Waals surface area contributed by atoms with Gasteiger partial charge < -0.3 is 5.73 Å². The predicted octanol–water partition coefficient (Wildman–Crippen LogP) is 2.84. The molecule has 0 aromatic heterocycles. The van der Waals surface area contributed by atoms with Gasteiger partial charge in [0.1, 0.15) is 5.82 Å². The van der Waals surface area contributed by atoms with Crippen LogP contribution in [0, 0.1) is 12.7 Å². The molecule has 0 spiro atoms. The van der Waals surface area contributed by atoms with Crippen LogP contribution in [0.25, 0.3) is 0 Å². The number of hydrogen-bond donors (Lipinski definition) is 1. The Morgan fingerprint density at radius 1 is 1.28 bits per heavy atom. The quantitative estimate of drug-likeness (QED) is 0.894. The average molecular weight is 250 g/mol. The number of rotatable bonds is 3. The van der Waals surface area contributed by atoms with Gasteiger partial charge in [-0.1, -0.05) is 6.07 Å². The van der Waals surface area contributed by atoms with Gasteiger partial charge in [0.15, 0.2) is 0 Å². The van der Waals surface area contributed by atoms with Crippen molar-refractivity contribution in [2.75, 3.05) is 7.05 Å². The molecule has 1 aromatic carbocycles. The molecule has 0 saturated heterocycles. The van der Waals surface area contributed by atoms with Gasteiger partial charge in [-0.15, -0.1) is 0 Å². The molecule has 0 bridgehead atoms. The number of halogens is 1. The maximum atomic E-state index is 13.3. The van der Waals surface area contributed by atoms with Crippen LogP contribution >= 0.6 is 0 Å². The Bertz CT molecular complexity index is 397. The van der Waals surface area contributed by atoms with Gasteiger partial charge in [-0.05, 0) is 62.9 Å². The third-order valence-corrected chi connectivity index (χ3v) is 4.10. The second-order valence-corrected chi connectivity index (χ2v) is 5.55.